The molecule has 2 aliphatic carbocycles. The molecule has 3 rings (SSSR count). The second-order valence-corrected chi connectivity index (χ2v) is 5.43. The number of halogens is 1. The Morgan fingerprint density at radius 3 is 2.69 bits per heavy atom. The SMILES string of the molecule is Cc1ccc(F)c2c1C1(CCC1)CCC2N. The van der Waals surface area contributed by atoms with E-state index in [1.54, 1.807) is 6.07 Å². The van der Waals surface area contributed by atoms with Gasteiger partial charge in [0, 0.05) is 11.6 Å². The van der Waals surface area contributed by atoms with Gasteiger partial charge in [0.05, 0.1) is 0 Å². The second kappa shape index (κ2) is 3.30. The summed E-state index contributed by atoms with van der Waals surface area (Å²) in [5.41, 5.74) is 9.64. The number of fused-ring (bicyclic) bond motifs is 2. The van der Waals surface area contributed by atoms with Gasteiger partial charge in [-0.15, -0.1) is 0 Å². The third-order valence-electron chi connectivity index (χ3n) is 4.55. The van der Waals surface area contributed by atoms with Gasteiger partial charge in [0.2, 0.25) is 0 Å². The molecular formula is C14H18FN. The zero-order chi connectivity index (χ0) is 11.3. The van der Waals surface area contributed by atoms with Crippen LogP contribution in [0.1, 0.15) is 54.8 Å². The summed E-state index contributed by atoms with van der Waals surface area (Å²) in [6, 6.07) is 3.39. The first-order valence-electron chi connectivity index (χ1n) is 6.19. The molecule has 0 radical (unpaired) electrons. The number of aryl methyl sites for hydroxylation is 1. The number of hydrogen-bond donors (Lipinski definition) is 1. The van der Waals surface area contributed by atoms with E-state index in [9.17, 15) is 4.39 Å². The predicted molar refractivity (Wildman–Crippen MR) is 62.8 cm³/mol. The molecule has 0 saturated heterocycles. The summed E-state index contributed by atoms with van der Waals surface area (Å²) in [5, 5.41) is 0. The van der Waals surface area contributed by atoms with Gasteiger partial charge in [-0.3, -0.25) is 0 Å². The molecule has 1 aromatic rings. The van der Waals surface area contributed by atoms with E-state index in [1.165, 1.54) is 30.4 Å². The highest BCUT2D eigenvalue weighted by Crippen LogP contribution is 2.54. The van der Waals surface area contributed by atoms with E-state index in [0.29, 0.717) is 0 Å². The van der Waals surface area contributed by atoms with Gasteiger partial charge in [-0.05, 0) is 55.2 Å². The Morgan fingerprint density at radius 1 is 1.31 bits per heavy atom. The van der Waals surface area contributed by atoms with Crippen LogP contribution in [0.15, 0.2) is 12.1 Å². The Hall–Kier alpha value is -0.890. The molecule has 0 bridgehead atoms. The quantitative estimate of drug-likeness (QED) is 0.711. The van der Waals surface area contributed by atoms with Crippen LogP contribution in [0.25, 0.3) is 0 Å². The maximum absolute atomic E-state index is 13.9. The van der Waals surface area contributed by atoms with Crippen LogP contribution in [0.5, 0.6) is 0 Å². The van der Waals surface area contributed by atoms with Crippen LogP contribution in [0, 0.1) is 12.7 Å². The topological polar surface area (TPSA) is 26.0 Å². The van der Waals surface area contributed by atoms with Gasteiger partial charge >= 0.3 is 0 Å². The van der Waals surface area contributed by atoms with E-state index < -0.39 is 0 Å². The maximum atomic E-state index is 13.9. The van der Waals surface area contributed by atoms with Crippen molar-refractivity contribution in [2.75, 3.05) is 0 Å². The third kappa shape index (κ3) is 1.20. The van der Waals surface area contributed by atoms with Gasteiger partial charge < -0.3 is 5.73 Å². The molecule has 2 heteroatoms. The van der Waals surface area contributed by atoms with Crippen LogP contribution >= 0.6 is 0 Å². The van der Waals surface area contributed by atoms with Gasteiger partial charge in [-0.1, -0.05) is 12.5 Å². The summed E-state index contributed by atoms with van der Waals surface area (Å²) in [4.78, 5) is 0. The first kappa shape index (κ1) is 10.3. The van der Waals surface area contributed by atoms with Crippen LogP contribution in [0.4, 0.5) is 4.39 Å². The molecule has 2 N–H and O–H groups in total. The Bertz CT molecular complexity index is 435. The third-order valence-corrected chi connectivity index (χ3v) is 4.55. The van der Waals surface area contributed by atoms with Crippen molar-refractivity contribution in [2.45, 2.75) is 50.5 Å². The Kier molecular flexibility index (Phi) is 2.12. The molecule has 86 valence electrons. The van der Waals surface area contributed by atoms with E-state index in [2.05, 4.69) is 6.92 Å². The van der Waals surface area contributed by atoms with E-state index >= 15 is 0 Å². The van der Waals surface area contributed by atoms with Crippen molar-refractivity contribution in [3.8, 4) is 0 Å². The summed E-state index contributed by atoms with van der Waals surface area (Å²) < 4.78 is 13.9. The Labute approximate surface area is 95.8 Å². The number of nitrogens with two attached hydrogens (primary N) is 1. The minimum Gasteiger partial charge on any atom is -0.324 e. The minimum absolute atomic E-state index is 0.0962. The van der Waals surface area contributed by atoms with Gasteiger partial charge in [0.15, 0.2) is 0 Å². The smallest absolute Gasteiger partial charge is 0.128 e. The summed E-state index contributed by atoms with van der Waals surface area (Å²) in [7, 11) is 0. The van der Waals surface area contributed by atoms with Gasteiger partial charge in [0.1, 0.15) is 5.82 Å². The maximum Gasteiger partial charge on any atom is 0.128 e. The Balaban J connectivity index is 2.24. The molecule has 2 aliphatic rings. The van der Waals surface area contributed by atoms with Crippen LogP contribution in [-0.4, -0.2) is 0 Å². The summed E-state index contributed by atoms with van der Waals surface area (Å²) in [6.07, 6.45) is 5.80. The fourth-order valence-corrected chi connectivity index (χ4v) is 3.57. The lowest BCUT2D eigenvalue weighted by Gasteiger charge is -2.48. The largest absolute Gasteiger partial charge is 0.324 e. The molecule has 1 fully saturated rings. The van der Waals surface area contributed by atoms with E-state index in [1.807, 2.05) is 6.07 Å². The molecule has 1 nitrogen and oxygen atoms in total. The molecule has 1 aromatic carbocycles. The van der Waals surface area contributed by atoms with Crippen molar-refractivity contribution >= 4 is 0 Å². The van der Waals surface area contributed by atoms with Gasteiger partial charge in [0.25, 0.3) is 0 Å². The fourth-order valence-electron chi connectivity index (χ4n) is 3.57. The van der Waals surface area contributed by atoms with Crippen molar-refractivity contribution in [1.29, 1.82) is 0 Å². The molecule has 1 atom stereocenters. The molecule has 0 amide bonds. The zero-order valence-corrected chi connectivity index (χ0v) is 9.72. The highest BCUT2D eigenvalue weighted by atomic mass is 19.1. The number of rotatable bonds is 0. The van der Waals surface area contributed by atoms with E-state index in [4.69, 9.17) is 5.73 Å². The lowest BCUT2D eigenvalue weighted by molar-refractivity contribution is 0.196. The average Bonchev–Trinajstić information content (AvgIpc) is 2.21. The van der Waals surface area contributed by atoms with Crippen molar-refractivity contribution in [2.24, 2.45) is 5.73 Å². The van der Waals surface area contributed by atoms with Crippen LogP contribution in [0.3, 0.4) is 0 Å². The highest BCUT2D eigenvalue weighted by Gasteiger charge is 2.45. The van der Waals surface area contributed by atoms with E-state index in [0.717, 1.165) is 18.4 Å². The lowest BCUT2D eigenvalue weighted by Crippen LogP contribution is -2.41. The second-order valence-electron chi connectivity index (χ2n) is 5.43. The Morgan fingerprint density at radius 2 is 2.06 bits per heavy atom. The summed E-state index contributed by atoms with van der Waals surface area (Å²) in [5.74, 6) is -0.0981. The molecule has 0 heterocycles. The first-order valence-corrected chi connectivity index (χ1v) is 6.19. The van der Waals surface area contributed by atoms with Crippen molar-refractivity contribution in [1.82, 2.24) is 0 Å². The van der Waals surface area contributed by atoms with Crippen LogP contribution < -0.4 is 5.73 Å². The molecule has 0 aliphatic heterocycles. The van der Waals surface area contributed by atoms with E-state index in [-0.39, 0.29) is 17.3 Å². The normalized spacial score (nSPS) is 26.3. The van der Waals surface area contributed by atoms with Crippen molar-refractivity contribution in [3.63, 3.8) is 0 Å². The fraction of sp³-hybridized carbons (Fsp3) is 0.571. The molecule has 1 unspecified atom stereocenters. The molecule has 1 saturated carbocycles. The molecule has 16 heavy (non-hydrogen) atoms. The standard InChI is InChI=1S/C14H18FN/c1-9-3-4-10(15)12-11(16)5-8-14(13(9)12)6-2-7-14/h3-4,11H,2,5-8,16H2,1H3. The lowest BCUT2D eigenvalue weighted by atomic mass is 9.56. The minimum atomic E-state index is -0.0981. The molecular weight excluding hydrogens is 201 g/mol. The number of benzene rings is 1. The predicted octanol–water partition coefficient (Wildman–Crippen LogP) is 3.35. The van der Waals surface area contributed by atoms with Crippen LogP contribution in [0.2, 0.25) is 0 Å². The van der Waals surface area contributed by atoms with Gasteiger partial charge in [-0.25, -0.2) is 4.39 Å². The van der Waals surface area contributed by atoms with Gasteiger partial charge in [-0.2, -0.15) is 0 Å². The monoisotopic (exact) mass is 219 g/mol. The average molecular weight is 219 g/mol. The number of hydrogen-bond acceptors (Lipinski definition) is 1. The van der Waals surface area contributed by atoms with Crippen LogP contribution in [-0.2, 0) is 5.41 Å². The zero-order valence-electron chi connectivity index (χ0n) is 9.72. The highest BCUT2D eigenvalue weighted by molar-refractivity contribution is 5.46. The first-order chi connectivity index (χ1) is 7.64. The summed E-state index contributed by atoms with van der Waals surface area (Å²) >= 11 is 0. The molecule has 0 aromatic heterocycles. The summed E-state index contributed by atoms with van der Waals surface area (Å²) in [6.45, 7) is 2.09. The van der Waals surface area contributed by atoms with Crippen molar-refractivity contribution < 1.29 is 4.39 Å². The molecule has 1 spiro atoms. The van der Waals surface area contributed by atoms with Crippen molar-refractivity contribution in [3.05, 3.63) is 34.6 Å².